The van der Waals surface area contributed by atoms with E-state index >= 15 is 0 Å². The highest BCUT2D eigenvalue weighted by atomic mass is 16.5. The lowest BCUT2D eigenvalue weighted by Crippen LogP contribution is -2.10. The van der Waals surface area contributed by atoms with Crippen molar-refractivity contribution < 1.29 is 14.1 Å². The van der Waals surface area contributed by atoms with E-state index in [9.17, 15) is 4.79 Å². The number of hydrogen-bond acceptors (Lipinski definition) is 7. The van der Waals surface area contributed by atoms with Crippen LogP contribution in [0.3, 0.4) is 0 Å². The zero-order valence-electron chi connectivity index (χ0n) is 11.6. The molecule has 0 aromatic carbocycles. The van der Waals surface area contributed by atoms with Gasteiger partial charge in [0.15, 0.2) is 11.5 Å². The van der Waals surface area contributed by atoms with Crippen LogP contribution < -0.4 is 0 Å². The predicted octanol–water partition coefficient (Wildman–Crippen LogP) is 1.19. The number of fused-ring (bicyclic) bond motifs is 1. The van der Waals surface area contributed by atoms with Gasteiger partial charge in [-0.15, -0.1) is 10.2 Å². The van der Waals surface area contributed by atoms with Crippen LogP contribution in [-0.2, 0) is 16.0 Å². The lowest BCUT2D eigenvalue weighted by molar-refractivity contribution is -0.142. The minimum absolute atomic E-state index is 0.0569. The number of pyridine rings is 1. The van der Waals surface area contributed by atoms with Gasteiger partial charge in [-0.2, -0.15) is 4.98 Å². The third kappa shape index (κ3) is 2.47. The van der Waals surface area contributed by atoms with Crippen LogP contribution in [0.5, 0.6) is 0 Å². The quantitative estimate of drug-likeness (QED) is 0.665. The highest BCUT2D eigenvalue weighted by molar-refractivity contribution is 5.74. The summed E-state index contributed by atoms with van der Waals surface area (Å²) in [6, 6.07) is 3.62. The Morgan fingerprint density at radius 2 is 2.29 bits per heavy atom. The number of ether oxygens (including phenoxy) is 1. The van der Waals surface area contributed by atoms with Gasteiger partial charge >= 0.3 is 5.97 Å². The van der Waals surface area contributed by atoms with Gasteiger partial charge in [0.1, 0.15) is 12.2 Å². The molecule has 0 aliphatic rings. The number of hydrogen-bond donors (Lipinski definition) is 0. The molecule has 0 saturated heterocycles. The van der Waals surface area contributed by atoms with Crippen molar-refractivity contribution in [1.82, 2.24) is 24.7 Å². The van der Waals surface area contributed by atoms with Crippen LogP contribution in [0, 0.1) is 6.92 Å². The van der Waals surface area contributed by atoms with E-state index < -0.39 is 0 Å². The van der Waals surface area contributed by atoms with E-state index in [-0.39, 0.29) is 12.4 Å². The van der Waals surface area contributed by atoms with Crippen LogP contribution in [0.2, 0.25) is 0 Å². The summed E-state index contributed by atoms with van der Waals surface area (Å²) < 4.78 is 11.8. The average molecular weight is 287 g/mol. The lowest BCUT2D eigenvalue weighted by Gasteiger charge is -2.01. The first-order valence-electron chi connectivity index (χ1n) is 6.48. The predicted molar refractivity (Wildman–Crippen MR) is 71.4 cm³/mol. The number of esters is 1. The largest absolute Gasteiger partial charge is 0.466 e. The normalized spacial score (nSPS) is 11.0. The van der Waals surface area contributed by atoms with Gasteiger partial charge in [-0.25, -0.2) is 0 Å². The Kier molecular flexibility index (Phi) is 3.35. The topological polar surface area (TPSA) is 95.4 Å². The zero-order valence-corrected chi connectivity index (χ0v) is 11.6. The molecule has 0 bridgehead atoms. The second-order valence-electron chi connectivity index (χ2n) is 4.36. The molecular formula is C13H13N5O3. The summed E-state index contributed by atoms with van der Waals surface area (Å²) in [6.45, 7) is 3.83. The smallest absolute Gasteiger partial charge is 0.313 e. The molecule has 0 spiro atoms. The fourth-order valence-corrected chi connectivity index (χ4v) is 2.00. The molecule has 3 aromatic rings. The molecule has 21 heavy (non-hydrogen) atoms. The van der Waals surface area contributed by atoms with Crippen LogP contribution >= 0.6 is 0 Å². The molecule has 0 aliphatic heterocycles. The standard InChI is InChI=1S/C13H13N5O3/c1-3-20-11(19)7-10-15-16-12-9(5-4-6-18(10)12)13-14-8(2)17-21-13/h4-6H,3,7H2,1-2H3. The first-order chi connectivity index (χ1) is 10.2. The molecule has 0 N–H and O–H groups in total. The number of aryl methyl sites for hydroxylation is 1. The van der Waals surface area contributed by atoms with Crippen LogP contribution in [0.25, 0.3) is 17.1 Å². The average Bonchev–Trinajstić information content (AvgIpc) is 3.06. The fraction of sp³-hybridized carbons (Fsp3) is 0.308. The molecule has 0 unspecified atom stereocenters. The third-order valence-corrected chi connectivity index (χ3v) is 2.87. The maximum absolute atomic E-state index is 11.6. The second-order valence-corrected chi connectivity index (χ2v) is 4.36. The van der Waals surface area contributed by atoms with Crippen molar-refractivity contribution in [2.45, 2.75) is 20.3 Å². The van der Waals surface area contributed by atoms with Gasteiger partial charge in [-0.3, -0.25) is 9.20 Å². The number of aromatic nitrogens is 5. The molecule has 3 heterocycles. The van der Waals surface area contributed by atoms with E-state index in [1.165, 1.54) is 0 Å². The summed E-state index contributed by atoms with van der Waals surface area (Å²) >= 11 is 0. The van der Waals surface area contributed by atoms with Crippen molar-refractivity contribution in [3.8, 4) is 11.5 Å². The number of carbonyl (C=O) groups is 1. The Morgan fingerprint density at radius 1 is 1.43 bits per heavy atom. The van der Waals surface area contributed by atoms with Gasteiger partial charge in [-0.1, -0.05) is 5.16 Å². The van der Waals surface area contributed by atoms with Crippen molar-refractivity contribution in [3.63, 3.8) is 0 Å². The Morgan fingerprint density at radius 3 is 3.00 bits per heavy atom. The van der Waals surface area contributed by atoms with Crippen LogP contribution in [0.4, 0.5) is 0 Å². The molecule has 0 fully saturated rings. The lowest BCUT2D eigenvalue weighted by atomic mass is 10.2. The Balaban J connectivity index is 2.02. The monoisotopic (exact) mass is 287 g/mol. The SMILES string of the molecule is CCOC(=O)Cc1nnc2c(-c3nc(C)no3)cccn12. The molecule has 8 heteroatoms. The van der Waals surface area contributed by atoms with E-state index in [0.29, 0.717) is 35.4 Å². The van der Waals surface area contributed by atoms with E-state index in [4.69, 9.17) is 9.26 Å². The third-order valence-electron chi connectivity index (χ3n) is 2.87. The minimum atomic E-state index is -0.342. The van der Waals surface area contributed by atoms with E-state index in [1.807, 2.05) is 6.07 Å². The number of carbonyl (C=O) groups excluding carboxylic acids is 1. The molecule has 108 valence electrons. The summed E-state index contributed by atoms with van der Waals surface area (Å²) in [5, 5.41) is 11.9. The minimum Gasteiger partial charge on any atom is -0.466 e. The molecule has 0 amide bonds. The van der Waals surface area contributed by atoms with Crippen molar-refractivity contribution in [2.75, 3.05) is 6.61 Å². The van der Waals surface area contributed by atoms with Gasteiger partial charge in [-0.05, 0) is 26.0 Å². The summed E-state index contributed by atoms with van der Waals surface area (Å²) in [5.41, 5.74) is 1.22. The molecule has 0 aliphatic carbocycles. The summed E-state index contributed by atoms with van der Waals surface area (Å²) in [4.78, 5) is 15.7. The summed E-state index contributed by atoms with van der Waals surface area (Å²) in [6.07, 6.45) is 1.83. The van der Waals surface area contributed by atoms with Crippen molar-refractivity contribution >= 4 is 11.6 Å². The van der Waals surface area contributed by atoms with Crippen LogP contribution in [0.1, 0.15) is 18.6 Å². The van der Waals surface area contributed by atoms with Crippen LogP contribution in [0.15, 0.2) is 22.9 Å². The second kappa shape index (κ2) is 5.31. The number of nitrogens with zero attached hydrogens (tertiary/aromatic N) is 5. The highest BCUT2D eigenvalue weighted by Gasteiger charge is 2.16. The fourth-order valence-electron chi connectivity index (χ4n) is 2.00. The van der Waals surface area contributed by atoms with Gasteiger partial charge in [0.05, 0.1) is 12.2 Å². The van der Waals surface area contributed by atoms with Crippen molar-refractivity contribution in [2.24, 2.45) is 0 Å². The molecule has 0 atom stereocenters. The number of rotatable bonds is 4. The zero-order chi connectivity index (χ0) is 14.8. The Hall–Kier alpha value is -2.77. The molecule has 8 nitrogen and oxygen atoms in total. The van der Waals surface area contributed by atoms with Gasteiger partial charge in [0, 0.05) is 6.20 Å². The van der Waals surface area contributed by atoms with Crippen LogP contribution in [-0.4, -0.2) is 37.3 Å². The molecule has 3 rings (SSSR count). The van der Waals surface area contributed by atoms with Crippen molar-refractivity contribution in [1.29, 1.82) is 0 Å². The van der Waals surface area contributed by atoms with Gasteiger partial charge in [0.25, 0.3) is 5.89 Å². The molecule has 0 saturated carbocycles. The maximum Gasteiger partial charge on any atom is 0.313 e. The summed E-state index contributed by atoms with van der Waals surface area (Å²) in [7, 11) is 0. The molecule has 0 radical (unpaired) electrons. The summed E-state index contributed by atoms with van der Waals surface area (Å²) in [5.74, 6) is 1.07. The Bertz CT molecular complexity index is 792. The van der Waals surface area contributed by atoms with E-state index in [2.05, 4.69) is 20.3 Å². The Labute approximate surface area is 119 Å². The first kappa shape index (κ1) is 13.2. The highest BCUT2D eigenvalue weighted by Crippen LogP contribution is 2.22. The van der Waals surface area contributed by atoms with Crippen molar-refractivity contribution in [3.05, 3.63) is 30.0 Å². The maximum atomic E-state index is 11.6. The molecule has 3 aromatic heterocycles. The van der Waals surface area contributed by atoms with Gasteiger partial charge in [0.2, 0.25) is 0 Å². The van der Waals surface area contributed by atoms with E-state index in [0.717, 1.165) is 0 Å². The first-order valence-corrected chi connectivity index (χ1v) is 6.48. The van der Waals surface area contributed by atoms with Gasteiger partial charge < -0.3 is 9.26 Å². The molecular weight excluding hydrogens is 274 g/mol. The van der Waals surface area contributed by atoms with E-state index in [1.54, 1.807) is 30.5 Å².